The summed E-state index contributed by atoms with van der Waals surface area (Å²) in [5, 5.41) is 5.37. The molecular formula is C17H15BrN2O4. The molecule has 0 fully saturated rings. The van der Waals surface area contributed by atoms with E-state index in [1.165, 1.54) is 0 Å². The highest BCUT2D eigenvalue weighted by atomic mass is 79.9. The number of carbonyl (C=O) groups excluding carboxylic acids is 2. The largest absolute Gasteiger partial charge is 0.454 e. The van der Waals surface area contributed by atoms with Gasteiger partial charge in [-0.3, -0.25) is 9.59 Å². The Morgan fingerprint density at radius 2 is 1.79 bits per heavy atom. The zero-order chi connectivity index (χ0) is 17.1. The highest BCUT2D eigenvalue weighted by Gasteiger charge is 2.15. The van der Waals surface area contributed by atoms with E-state index in [1.807, 2.05) is 19.1 Å². The highest BCUT2D eigenvalue weighted by molar-refractivity contribution is 9.10. The Kier molecular flexibility index (Phi) is 4.71. The second-order valence-electron chi connectivity index (χ2n) is 5.32. The van der Waals surface area contributed by atoms with Gasteiger partial charge in [0.15, 0.2) is 11.5 Å². The van der Waals surface area contributed by atoms with Gasteiger partial charge in [0.2, 0.25) is 18.6 Å². The molecular weight excluding hydrogens is 376 g/mol. The van der Waals surface area contributed by atoms with E-state index in [0.29, 0.717) is 22.9 Å². The lowest BCUT2D eigenvalue weighted by molar-refractivity contribution is -0.123. The zero-order valence-electron chi connectivity index (χ0n) is 12.9. The third kappa shape index (κ3) is 3.86. The molecule has 1 heterocycles. The van der Waals surface area contributed by atoms with Crippen molar-refractivity contribution in [2.45, 2.75) is 13.3 Å². The minimum atomic E-state index is -0.408. The number of amides is 2. The van der Waals surface area contributed by atoms with Crippen LogP contribution in [0.25, 0.3) is 0 Å². The molecule has 7 heteroatoms. The third-order valence-electron chi connectivity index (χ3n) is 3.38. The maximum atomic E-state index is 12.0. The molecule has 0 saturated carbocycles. The Bertz CT molecular complexity index is 807. The molecule has 124 valence electrons. The molecule has 0 radical (unpaired) electrons. The van der Waals surface area contributed by atoms with Crippen molar-refractivity contribution in [3.05, 3.63) is 46.4 Å². The van der Waals surface area contributed by atoms with Crippen molar-refractivity contribution in [1.29, 1.82) is 0 Å². The van der Waals surface area contributed by atoms with Crippen molar-refractivity contribution < 1.29 is 19.1 Å². The van der Waals surface area contributed by atoms with Crippen LogP contribution in [0.2, 0.25) is 0 Å². The summed E-state index contributed by atoms with van der Waals surface area (Å²) in [6.07, 6.45) is -0.283. The molecule has 2 N–H and O–H groups in total. The lowest BCUT2D eigenvalue weighted by Gasteiger charge is -2.09. The van der Waals surface area contributed by atoms with Gasteiger partial charge in [0.05, 0.1) is 5.69 Å². The van der Waals surface area contributed by atoms with E-state index < -0.39 is 11.8 Å². The first kappa shape index (κ1) is 16.3. The SMILES string of the molecule is Cc1ccc(NC(=O)CC(=O)Nc2ccc3c(c2)OCO3)c(Br)c1. The molecule has 3 rings (SSSR count). The molecule has 2 amide bonds. The molecule has 0 atom stereocenters. The molecule has 0 saturated heterocycles. The van der Waals surface area contributed by atoms with Gasteiger partial charge < -0.3 is 20.1 Å². The van der Waals surface area contributed by atoms with E-state index >= 15 is 0 Å². The maximum Gasteiger partial charge on any atom is 0.233 e. The monoisotopic (exact) mass is 390 g/mol. The number of ether oxygens (including phenoxy) is 2. The molecule has 1 aliphatic heterocycles. The first-order valence-electron chi connectivity index (χ1n) is 7.27. The van der Waals surface area contributed by atoms with Crippen LogP contribution in [0, 0.1) is 6.92 Å². The Balaban J connectivity index is 1.57. The topological polar surface area (TPSA) is 76.7 Å². The standard InChI is InChI=1S/C17H15BrN2O4/c1-10-2-4-13(12(18)6-10)20-17(22)8-16(21)19-11-3-5-14-15(7-11)24-9-23-14/h2-7H,8-9H2,1H3,(H,19,21)(H,20,22). The smallest absolute Gasteiger partial charge is 0.233 e. The van der Waals surface area contributed by atoms with Crippen LogP contribution in [0.1, 0.15) is 12.0 Å². The van der Waals surface area contributed by atoms with E-state index in [-0.39, 0.29) is 13.2 Å². The van der Waals surface area contributed by atoms with Gasteiger partial charge in [-0.1, -0.05) is 6.07 Å². The molecule has 2 aromatic carbocycles. The Morgan fingerprint density at radius 1 is 1.04 bits per heavy atom. The number of rotatable bonds is 4. The van der Waals surface area contributed by atoms with Gasteiger partial charge in [-0.15, -0.1) is 0 Å². The van der Waals surface area contributed by atoms with Crippen molar-refractivity contribution in [2.75, 3.05) is 17.4 Å². The Morgan fingerprint density at radius 3 is 2.58 bits per heavy atom. The fourth-order valence-corrected chi connectivity index (χ4v) is 2.83. The predicted molar refractivity (Wildman–Crippen MR) is 93.3 cm³/mol. The molecule has 0 bridgehead atoms. The van der Waals surface area contributed by atoms with E-state index in [2.05, 4.69) is 26.6 Å². The van der Waals surface area contributed by atoms with Crippen molar-refractivity contribution in [3.8, 4) is 11.5 Å². The molecule has 24 heavy (non-hydrogen) atoms. The number of nitrogens with one attached hydrogen (secondary N) is 2. The molecule has 2 aromatic rings. The van der Waals surface area contributed by atoms with Crippen LogP contribution in [0.5, 0.6) is 11.5 Å². The normalized spacial score (nSPS) is 11.9. The summed E-state index contributed by atoms with van der Waals surface area (Å²) in [5.41, 5.74) is 2.25. The summed E-state index contributed by atoms with van der Waals surface area (Å²) in [7, 11) is 0. The summed E-state index contributed by atoms with van der Waals surface area (Å²) in [5.74, 6) is 0.406. The van der Waals surface area contributed by atoms with Crippen LogP contribution in [-0.4, -0.2) is 18.6 Å². The van der Waals surface area contributed by atoms with Crippen LogP contribution in [-0.2, 0) is 9.59 Å². The first-order valence-corrected chi connectivity index (χ1v) is 8.06. The molecule has 0 aliphatic carbocycles. The molecule has 0 spiro atoms. The number of hydrogen-bond donors (Lipinski definition) is 2. The van der Waals surface area contributed by atoms with Gasteiger partial charge in [0, 0.05) is 16.2 Å². The minimum Gasteiger partial charge on any atom is -0.454 e. The van der Waals surface area contributed by atoms with E-state index in [1.54, 1.807) is 24.3 Å². The van der Waals surface area contributed by atoms with Crippen LogP contribution < -0.4 is 20.1 Å². The second kappa shape index (κ2) is 6.92. The summed E-state index contributed by atoms with van der Waals surface area (Å²) in [4.78, 5) is 24.0. The van der Waals surface area contributed by atoms with E-state index in [4.69, 9.17) is 9.47 Å². The summed E-state index contributed by atoms with van der Waals surface area (Å²) >= 11 is 3.38. The lowest BCUT2D eigenvalue weighted by Crippen LogP contribution is -2.21. The first-order chi connectivity index (χ1) is 11.5. The Hall–Kier alpha value is -2.54. The van der Waals surface area contributed by atoms with Crippen LogP contribution >= 0.6 is 15.9 Å². The number of fused-ring (bicyclic) bond motifs is 1. The Labute approximate surface area is 147 Å². The van der Waals surface area contributed by atoms with Crippen molar-refractivity contribution in [1.82, 2.24) is 0 Å². The average molecular weight is 391 g/mol. The van der Waals surface area contributed by atoms with E-state index in [9.17, 15) is 9.59 Å². The summed E-state index contributed by atoms with van der Waals surface area (Å²) in [6.45, 7) is 2.12. The number of carbonyl (C=O) groups is 2. The molecule has 0 unspecified atom stereocenters. The number of aryl methyl sites for hydroxylation is 1. The van der Waals surface area contributed by atoms with Crippen molar-refractivity contribution in [2.24, 2.45) is 0 Å². The zero-order valence-corrected chi connectivity index (χ0v) is 14.5. The fourth-order valence-electron chi connectivity index (χ4n) is 2.24. The van der Waals surface area contributed by atoms with Gasteiger partial charge in [0.25, 0.3) is 0 Å². The average Bonchev–Trinajstić information content (AvgIpc) is 2.97. The van der Waals surface area contributed by atoms with Gasteiger partial charge in [-0.25, -0.2) is 0 Å². The molecule has 0 aromatic heterocycles. The van der Waals surface area contributed by atoms with Gasteiger partial charge in [0.1, 0.15) is 6.42 Å². The minimum absolute atomic E-state index is 0.167. The van der Waals surface area contributed by atoms with Crippen LogP contribution in [0.15, 0.2) is 40.9 Å². The predicted octanol–water partition coefficient (Wildman–Crippen LogP) is 3.45. The van der Waals surface area contributed by atoms with Crippen LogP contribution in [0.4, 0.5) is 11.4 Å². The maximum absolute atomic E-state index is 12.0. The second-order valence-corrected chi connectivity index (χ2v) is 6.18. The lowest BCUT2D eigenvalue weighted by atomic mass is 10.2. The van der Waals surface area contributed by atoms with E-state index in [0.717, 1.165) is 10.0 Å². The summed E-state index contributed by atoms with van der Waals surface area (Å²) in [6, 6.07) is 10.6. The van der Waals surface area contributed by atoms with Crippen molar-refractivity contribution >= 4 is 39.1 Å². The van der Waals surface area contributed by atoms with Crippen molar-refractivity contribution in [3.63, 3.8) is 0 Å². The summed E-state index contributed by atoms with van der Waals surface area (Å²) < 4.78 is 11.2. The van der Waals surface area contributed by atoms with Gasteiger partial charge >= 0.3 is 0 Å². The van der Waals surface area contributed by atoms with Gasteiger partial charge in [-0.05, 0) is 52.7 Å². The molecule has 6 nitrogen and oxygen atoms in total. The number of hydrogen-bond acceptors (Lipinski definition) is 4. The molecule has 1 aliphatic rings. The number of benzene rings is 2. The fraction of sp³-hybridized carbons (Fsp3) is 0.176. The number of halogens is 1. The highest BCUT2D eigenvalue weighted by Crippen LogP contribution is 2.34. The quantitative estimate of drug-likeness (QED) is 0.783. The number of anilines is 2. The third-order valence-corrected chi connectivity index (χ3v) is 4.03. The van der Waals surface area contributed by atoms with Gasteiger partial charge in [-0.2, -0.15) is 0 Å². The van der Waals surface area contributed by atoms with Crippen LogP contribution in [0.3, 0.4) is 0 Å².